The van der Waals surface area contributed by atoms with E-state index in [0.717, 1.165) is 0 Å². The number of rotatable bonds is 1. The molecule has 0 spiro atoms. The molecule has 0 aromatic carbocycles. The van der Waals surface area contributed by atoms with Crippen molar-refractivity contribution >= 4 is 0 Å². The van der Waals surface area contributed by atoms with Crippen molar-refractivity contribution in [3.05, 3.63) is 0 Å². The first-order valence-corrected chi connectivity index (χ1v) is 4.03. The maximum absolute atomic E-state index is 9.50. The van der Waals surface area contributed by atoms with Gasteiger partial charge in [-0.2, -0.15) is 0 Å². The van der Waals surface area contributed by atoms with Crippen molar-refractivity contribution in [2.24, 2.45) is 5.73 Å². The monoisotopic (exact) mass is 193 g/mol. The molecule has 0 bridgehead atoms. The molecule has 1 rings (SSSR count). The lowest BCUT2D eigenvalue weighted by Gasteiger charge is -2.44. The molecule has 1 saturated heterocycles. The van der Waals surface area contributed by atoms with Crippen LogP contribution in [0.2, 0.25) is 0 Å². The Morgan fingerprint density at radius 3 is 2.38 bits per heavy atom. The molecule has 1 fully saturated rings. The van der Waals surface area contributed by atoms with Crippen LogP contribution in [0, 0.1) is 0 Å². The molecule has 78 valence electrons. The van der Waals surface area contributed by atoms with E-state index in [4.69, 9.17) is 15.6 Å². The number of hydrogen-bond donors (Lipinski definition) is 5. The number of aliphatic hydroxyl groups excluding tert-OH is 3. The third-order valence-corrected chi connectivity index (χ3v) is 2.29. The van der Waals surface area contributed by atoms with Gasteiger partial charge in [-0.25, -0.2) is 0 Å². The highest BCUT2D eigenvalue weighted by Crippen LogP contribution is 2.25. The van der Waals surface area contributed by atoms with Crippen molar-refractivity contribution in [2.75, 3.05) is 6.61 Å². The van der Waals surface area contributed by atoms with Crippen LogP contribution in [0.5, 0.6) is 0 Å². The lowest BCUT2D eigenvalue weighted by Crippen LogP contribution is -2.67. The average Bonchev–Trinajstić information content (AvgIpc) is 2.08. The molecule has 13 heavy (non-hydrogen) atoms. The second-order valence-electron chi connectivity index (χ2n) is 3.40. The predicted octanol–water partition coefficient (Wildman–Crippen LogP) is -2.86. The van der Waals surface area contributed by atoms with Gasteiger partial charge in [0.2, 0.25) is 0 Å². The zero-order valence-electron chi connectivity index (χ0n) is 7.29. The van der Waals surface area contributed by atoms with Gasteiger partial charge in [0.1, 0.15) is 18.3 Å². The Bertz CT molecular complexity index is 184. The highest BCUT2D eigenvalue weighted by atomic mass is 16.6. The molecule has 0 aliphatic carbocycles. The van der Waals surface area contributed by atoms with E-state index in [2.05, 4.69) is 0 Å². The quantitative estimate of drug-likeness (QED) is 0.306. The van der Waals surface area contributed by atoms with Gasteiger partial charge in [-0.05, 0) is 6.92 Å². The van der Waals surface area contributed by atoms with E-state index in [-0.39, 0.29) is 0 Å². The van der Waals surface area contributed by atoms with E-state index in [1.807, 2.05) is 0 Å². The molecule has 0 saturated carbocycles. The lowest BCUT2D eigenvalue weighted by molar-refractivity contribution is -0.305. The van der Waals surface area contributed by atoms with Crippen molar-refractivity contribution in [3.8, 4) is 0 Å². The van der Waals surface area contributed by atoms with E-state index in [1.165, 1.54) is 6.92 Å². The van der Waals surface area contributed by atoms with Gasteiger partial charge in [0.05, 0.1) is 12.6 Å². The minimum absolute atomic E-state index is 0.485. The highest BCUT2D eigenvalue weighted by Gasteiger charge is 2.48. The Balaban J connectivity index is 2.79. The molecule has 6 N–H and O–H groups in total. The summed E-state index contributed by atoms with van der Waals surface area (Å²) in [6.07, 6.45) is -3.59. The van der Waals surface area contributed by atoms with Gasteiger partial charge < -0.3 is 30.9 Å². The molecule has 1 aliphatic heterocycles. The Labute approximate surface area is 75.6 Å². The van der Waals surface area contributed by atoms with Crippen LogP contribution in [0.3, 0.4) is 0 Å². The number of hydrogen-bond acceptors (Lipinski definition) is 6. The maximum Gasteiger partial charge on any atom is 0.181 e. The molecule has 0 aromatic rings. The van der Waals surface area contributed by atoms with Crippen molar-refractivity contribution in [3.63, 3.8) is 0 Å². The molecule has 6 nitrogen and oxygen atoms in total. The summed E-state index contributed by atoms with van der Waals surface area (Å²) in [6, 6.07) is -1.09. The SMILES string of the molecule is C[C@]1(O)O[C@H](CO)[C@@H](O)[C@H](O)[C@H]1N. The van der Waals surface area contributed by atoms with Crippen molar-refractivity contribution in [1.29, 1.82) is 0 Å². The molecule has 1 heterocycles. The van der Waals surface area contributed by atoms with Gasteiger partial charge in [0, 0.05) is 0 Å². The van der Waals surface area contributed by atoms with Gasteiger partial charge in [0.15, 0.2) is 5.79 Å². The third kappa shape index (κ3) is 1.83. The van der Waals surface area contributed by atoms with Crippen LogP contribution in [0.25, 0.3) is 0 Å². The normalized spacial score (nSPS) is 52.2. The topological polar surface area (TPSA) is 116 Å². The lowest BCUT2D eigenvalue weighted by atomic mass is 9.92. The van der Waals surface area contributed by atoms with Crippen LogP contribution in [-0.2, 0) is 4.74 Å². The number of ether oxygens (including phenoxy) is 1. The molecule has 0 aromatic heterocycles. The summed E-state index contributed by atoms with van der Waals surface area (Å²) in [5, 5.41) is 36.9. The molecule has 0 unspecified atom stereocenters. The Morgan fingerprint density at radius 1 is 1.38 bits per heavy atom. The molecule has 6 heteroatoms. The summed E-state index contributed by atoms with van der Waals surface area (Å²) in [7, 11) is 0. The zero-order valence-corrected chi connectivity index (χ0v) is 7.29. The fourth-order valence-corrected chi connectivity index (χ4v) is 1.35. The second-order valence-corrected chi connectivity index (χ2v) is 3.40. The largest absolute Gasteiger partial charge is 0.394 e. The second kappa shape index (κ2) is 3.49. The van der Waals surface area contributed by atoms with Crippen LogP contribution in [0.4, 0.5) is 0 Å². The zero-order chi connectivity index (χ0) is 10.2. The Hall–Kier alpha value is -0.240. The van der Waals surface area contributed by atoms with Gasteiger partial charge in [-0.15, -0.1) is 0 Å². The van der Waals surface area contributed by atoms with Gasteiger partial charge in [0.25, 0.3) is 0 Å². The third-order valence-electron chi connectivity index (χ3n) is 2.29. The van der Waals surface area contributed by atoms with Gasteiger partial charge >= 0.3 is 0 Å². The fraction of sp³-hybridized carbons (Fsp3) is 1.00. The summed E-state index contributed by atoms with van der Waals surface area (Å²) in [5.41, 5.74) is 5.40. The molecule has 1 aliphatic rings. The van der Waals surface area contributed by atoms with Crippen LogP contribution in [-0.4, -0.2) is 57.2 Å². The predicted molar refractivity (Wildman–Crippen MR) is 42.6 cm³/mol. The molecular formula is C7H15NO5. The van der Waals surface area contributed by atoms with E-state index >= 15 is 0 Å². The Morgan fingerprint density at radius 2 is 1.92 bits per heavy atom. The first kappa shape index (κ1) is 10.8. The molecule has 0 amide bonds. The first-order chi connectivity index (χ1) is 5.90. The maximum atomic E-state index is 9.50. The standard InChI is InChI=1S/C7H15NO5/c1-7(12)6(8)5(11)4(10)3(2-9)13-7/h3-6,9-12H,2,8H2,1H3/t3-,4-,5+,6-,7+/m1/s1. The summed E-state index contributed by atoms with van der Waals surface area (Å²) in [5.74, 6) is -1.73. The molecular weight excluding hydrogens is 178 g/mol. The van der Waals surface area contributed by atoms with Crippen molar-refractivity contribution < 1.29 is 25.2 Å². The van der Waals surface area contributed by atoms with Crippen LogP contribution in [0.15, 0.2) is 0 Å². The minimum atomic E-state index is -1.73. The minimum Gasteiger partial charge on any atom is -0.394 e. The molecule has 5 atom stereocenters. The number of nitrogens with two attached hydrogens (primary N) is 1. The van der Waals surface area contributed by atoms with E-state index in [1.54, 1.807) is 0 Å². The van der Waals surface area contributed by atoms with Crippen LogP contribution >= 0.6 is 0 Å². The van der Waals surface area contributed by atoms with Gasteiger partial charge in [-0.1, -0.05) is 0 Å². The van der Waals surface area contributed by atoms with Gasteiger partial charge in [-0.3, -0.25) is 0 Å². The Kier molecular flexibility index (Phi) is 2.91. The highest BCUT2D eigenvalue weighted by molar-refractivity contribution is 4.96. The van der Waals surface area contributed by atoms with E-state index in [9.17, 15) is 15.3 Å². The van der Waals surface area contributed by atoms with E-state index < -0.39 is 36.7 Å². The van der Waals surface area contributed by atoms with Crippen LogP contribution < -0.4 is 5.73 Å². The number of aliphatic hydroxyl groups is 4. The summed E-state index contributed by atoms with van der Waals surface area (Å²) in [4.78, 5) is 0. The van der Waals surface area contributed by atoms with Crippen LogP contribution in [0.1, 0.15) is 6.92 Å². The van der Waals surface area contributed by atoms with Crippen molar-refractivity contribution in [2.45, 2.75) is 37.1 Å². The molecule has 0 radical (unpaired) electrons. The summed E-state index contributed by atoms with van der Waals surface area (Å²) in [6.45, 7) is 0.788. The summed E-state index contributed by atoms with van der Waals surface area (Å²) < 4.78 is 4.89. The van der Waals surface area contributed by atoms with Crippen molar-refractivity contribution in [1.82, 2.24) is 0 Å². The summed E-state index contributed by atoms with van der Waals surface area (Å²) >= 11 is 0. The van der Waals surface area contributed by atoms with E-state index in [0.29, 0.717) is 0 Å². The fourth-order valence-electron chi connectivity index (χ4n) is 1.35. The first-order valence-electron chi connectivity index (χ1n) is 4.03. The average molecular weight is 193 g/mol. The smallest absolute Gasteiger partial charge is 0.181 e.